The van der Waals surface area contributed by atoms with Crippen LogP contribution in [-0.4, -0.2) is 42.8 Å². The summed E-state index contributed by atoms with van der Waals surface area (Å²) in [6.45, 7) is 11.4. The Bertz CT molecular complexity index is 233. The molecular weight excluding hydrogens is 223 g/mol. The molecule has 1 saturated heterocycles. The van der Waals surface area contributed by atoms with E-state index in [1.807, 2.05) is 34.6 Å². The molecule has 0 aromatic rings. The van der Waals surface area contributed by atoms with Gasteiger partial charge in [0.1, 0.15) is 12.2 Å². The summed E-state index contributed by atoms with van der Waals surface area (Å²) in [7, 11) is 0. The summed E-state index contributed by atoms with van der Waals surface area (Å²) in [5.74, 6) is 0. The topological polar surface area (TPSA) is 27.7 Å². The van der Waals surface area contributed by atoms with Crippen LogP contribution in [0.15, 0.2) is 0 Å². The zero-order valence-electron chi connectivity index (χ0n) is 11.6. The Kier molecular flexibility index (Phi) is 5.35. The molecule has 4 heteroatoms. The summed E-state index contributed by atoms with van der Waals surface area (Å²) in [4.78, 5) is 0. The van der Waals surface area contributed by atoms with Crippen molar-refractivity contribution >= 4 is 0 Å². The van der Waals surface area contributed by atoms with E-state index in [9.17, 15) is 4.39 Å². The predicted molar refractivity (Wildman–Crippen MR) is 64.9 cm³/mol. The third-order valence-electron chi connectivity index (χ3n) is 2.84. The Balaban J connectivity index is 2.67. The second kappa shape index (κ2) is 6.12. The first kappa shape index (κ1) is 14.9. The van der Waals surface area contributed by atoms with E-state index >= 15 is 0 Å². The third-order valence-corrected chi connectivity index (χ3v) is 2.84. The van der Waals surface area contributed by atoms with Crippen LogP contribution in [0.5, 0.6) is 0 Å². The highest BCUT2D eigenvalue weighted by Crippen LogP contribution is 2.30. The van der Waals surface area contributed by atoms with Gasteiger partial charge in [0.05, 0.1) is 24.4 Å². The third kappa shape index (κ3) is 3.90. The van der Waals surface area contributed by atoms with Crippen molar-refractivity contribution in [3.8, 4) is 0 Å². The molecule has 0 saturated carbocycles. The minimum Gasteiger partial charge on any atom is -0.373 e. The van der Waals surface area contributed by atoms with E-state index in [1.165, 1.54) is 0 Å². The van der Waals surface area contributed by atoms with Crippen molar-refractivity contribution in [2.45, 2.75) is 84.3 Å². The predicted octanol–water partition coefficient (Wildman–Crippen LogP) is 2.72. The highest BCUT2D eigenvalue weighted by Gasteiger charge is 2.46. The number of hydrogen-bond acceptors (Lipinski definition) is 3. The van der Waals surface area contributed by atoms with Gasteiger partial charge in [-0.15, -0.1) is 0 Å². The highest BCUT2D eigenvalue weighted by atomic mass is 19.1. The van der Waals surface area contributed by atoms with Crippen molar-refractivity contribution in [2.24, 2.45) is 0 Å². The molecule has 0 aliphatic carbocycles. The van der Waals surface area contributed by atoms with Crippen LogP contribution in [0.2, 0.25) is 0 Å². The summed E-state index contributed by atoms with van der Waals surface area (Å²) < 4.78 is 30.9. The molecule has 0 amide bonds. The fourth-order valence-electron chi connectivity index (χ4n) is 2.20. The van der Waals surface area contributed by atoms with Gasteiger partial charge in [-0.3, -0.25) is 0 Å². The van der Waals surface area contributed by atoms with Crippen molar-refractivity contribution in [2.75, 3.05) is 0 Å². The van der Waals surface area contributed by atoms with Gasteiger partial charge in [-0.05, 0) is 41.5 Å². The molecule has 0 spiro atoms. The van der Waals surface area contributed by atoms with Crippen molar-refractivity contribution in [3.63, 3.8) is 0 Å². The van der Waals surface area contributed by atoms with Gasteiger partial charge in [0.15, 0.2) is 6.17 Å². The molecular formula is C13H25FO3. The molecule has 1 aliphatic rings. The molecule has 0 aromatic carbocycles. The van der Waals surface area contributed by atoms with Crippen molar-refractivity contribution in [1.82, 2.24) is 0 Å². The van der Waals surface area contributed by atoms with Crippen LogP contribution in [0.1, 0.15) is 41.5 Å². The summed E-state index contributed by atoms with van der Waals surface area (Å²) in [5.41, 5.74) is 0. The van der Waals surface area contributed by atoms with Crippen LogP contribution in [0.25, 0.3) is 0 Å². The Morgan fingerprint density at radius 1 is 1.06 bits per heavy atom. The second-order valence-electron chi connectivity index (χ2n) is 5.29. The lowest BCUT2D eigenvalue weighted by Gasteiger charge is -2.28. The van der Waals surface area contributed by atoms with E-state index in [0.29, 0.717) is 0 Å². The van der Waals surface area contributed by atoms with Gasteiger partial charge in [0.2, 0.25) is 0 Å². The van der Waals surface area contributed by atoms with Gasteiger partial charge >= 0.3 is 0 Å². The monoisotopic (exact) mass is 248 g/mol. The maximum atomic E-state index is 14.0. The Morgan fingerprint density at radius 2 is 1.65 bits per heavy atom. The maximum Gasteiger partial charge on any atom is 0.155 e. The smallest absolute Gasteiger partial charge is 0.155 e. The first-order chi connectivity index (χ1) is 7.82. The molecule has 1 fully saturated rings. The maximum absolute atomic E-state index is 14.0. The summed E-state index contributed by atoms with van der Waals surface area (Å²) >= 11 is 0. The molecule has 1 rings (SSSR count). The van der Waals surface area contributed by atoms with Gasteiger partial charge in [0, 0.05) is 0 Å². The minimum atomic E-state index is -1.08. The van der Waals surface area contributed by atoms with E-state index in [4.69, 9.17) is 14.2 Å². The van der Waals surface area contributed by atoms with Gasteiger partial charge in [0.25, 0.3) is 0 Å². The van der Waals surface area contributed by atoms with Crippen LogP contribution in [0.4, 0.5) is 4.39 Å². The summed E-state index contributed by atoms with van der Waals surface area (Å²) in [6.07, 6.45) is -2.45. The molecule has 0 bridgehead atoms. The molecule has 1 heterocycles. The molecule has 1 aliphatic heterocycles. The van der Waals surface area contributed by atoms with Crippen molar-refractivity contribution in [1.29, 1.82) is 0 Å². The molecule has 102 valence electrons. The Labute approximate surface area is 104 Å². The first-order valence-corrected chi connectivity index (χ1v) is 6.43. The number of rotatable bonds is 5. The SMILES string of the molecule is CC(C)O[C@H]1[C@@H](F)[C@H](C)O[C@@H]1[C@H](C)OC(C)C. The van der Waals surface area contributed by atoms with Crippen molar-refractivity contribution < 1.29 is 18.6 Å². The van der Waals surface area contributed by atoms with Crippen molar-refractivity contribution in [3.05, 3.63) is 0 Å². The minimum absolute atomic E-state index is 0.0131. The van der Waals surface area contributed by atoms with E-state index < -0.39 is 18.4 Å². The number of hydrogen-bond donors (Lipinski definition) is 0. The van der Waals surface area contributed by atoms with Crippen LogP contribution in [0.3, 0.4) is 0 Å². The van der Waals surface area contributed by atoms with E-state index in [2.05, 4.69) is 0 Å². The van der Waals surface area contributed by atoms with Gasteiger partial charge in [-0.25, -0.2) is 4.39 Å². The van der Waals surface area contributed by atoms with Crippen LogP contribution in [0, 0.1) is 0 Å². The van der Waals surface area contributed by atoms with Crippen LogP contribution >= 0.6 is 0 Å². The van der Waals surface area contributed by atoms with Crippen LogP contribution < -0.4 is 0 Å². The fourth-order valence-corrected chi connectivity index (χ4v) is 2.20. The molecule has 5 atom stereocenters. The highest BCUT2D eigenvalue weighted by molar-refractivity contribution is 4.93. The molecule has 0 N–H and O–H groups in total. The average molecular weight is 248 g/mol. The zero-order valence-corrected chi connectivity index (χ0v) is 11.6. The lowest BCUT2D eigenvalue weighted by atomic mass is 10.1. The molecule has 0 radical (unpaired) electrons. The summed E-state index contributed by atoms with van der Waals surface area (Å²) in [5, 5.41) is 0. The average Bonchev–Trinajstić information content (AvgIpc) is 2.44. The standard InChI is InChI=1S/C13H25FO3/c1-7(2)15-10(6)12-13(16-8(3)4)11(14)9(5)17-12/h7-13H,1-6H3/t9-,10-,11-,12+,13-/m0/s1. The van der Waals surface area contributed by atoms with Gasteiger partial charge < -0.3 is 14.2 Å². The Hall–Kier alpha value is -0.190. The lowest BCUT2D eigenvalue weighted by molar-refractivity contribution is -0.123. The van der Waals surface area contributed by atoms with E-state index in [-0.39, 0.29) is 24.4 Å². The molecule has 0 aromatic heterocycles. The van der Waals surface area contributed by atoms with E-state index in [0.717, 1.165) is 0 Å². The largest absolute Gasteiger partial charge is 0.373 e. The number of ether oxygens (including phenoxy) is 3. The zero-order chi connectivity index (χ0) is 13.2. The molecule has 0 unspecified atom stereocenters. The molecule has 17 heavy (non-hydrogen) atoms. The van der Waals surface area contributed by atoms with E-state index in [1.54, 1.807) is 6.92 Å². The quantitative estimate of drug-likeness (QED) is 0.748. The normalized spacial score (nSPS) is 35.8. The summed E-state index contributed by atoms with van der Waals surface area (Å²) in [6, 6.07) is 0. The van der Waals surface area contributed by atoms with Crippen LogP contribution in [-0.2, 0) is 14.2 Å². The lowest BCUT2D eigenvalue weighted by Crippen LogP contribution is -2.41. The first-order valence-electron chi connectivity index (χ1n) is 6.43. The Morgan fingerprint density at radius 3 is 2.12 bits per heavy atom. The number of alkyl halides is 1. The fraction of sp³-hybridized carbons (Fsp3) is 1.00. The number of halogens is 1. The van der Waals surface area contributed by atoms with Gasteiger partial charge in [-0.1, -0.05) is 0 Å². The van der Waals surface area contributed by atoms with Gasteiger partial charge in [-0.2, -0.15) is 0 Å². The molecule has 3 nitrogen and oxygen atoms in total. The second-order valence-corrected chi connectivity index (χ2v) is 5.29.